The zero-order chi connectivity index (χ0) is 13.2. The fraction of sp³-hybridized carbons (Fsp3) is 0.333. The van der Waals surface area contributed by atoms with Crippen molar-refractivity contribution in [3.63, 3.8) is 0 Å². The first kappa shape index (κ1) is 12.2. The lowest BCUT2D eigenvalue weighted by Crippen LogP contribution is -2.42. The van der Waals surface area contributed by atoms with E-state index >= 15 is 0 Å². The van der Waals surface area contributed by atoms with Gasteiger partial charge in [0.15, 0.2) is 0 Å². The molecule has 6 heteroatoms. The summed E-state index contributed by atoms with van der Waals surface area (Å²) in [6, 6.07) is 3.04. The molecule has 1 aromatic heterocycles. The fourth-order valence-corrected chi connectivity index (χ4v) is 1.59. The number of imide groups is 1. The molecule has 1 aliphatic rings. The molecule has 18 heavy (non-hydrogen) atoms. The van der Waals surface area contributed by atoms with Crippen LogP contribution in [0.3, 0.4) is 0 Å². The van der Waals surface area contributed by atoms with Gasteiger partial charge in [-0.05, 0) is 19.4 Å². The Labute approximate surface area is 105 Å². The monoisotopic (exact) mass is 246 g/mol. The van der Waals surface area contributed by atoms with Crippen molar-refractivity contribution in [2.24, 2.45) is 5.10 Å². The number of hydrogen-bond donors (Lipinski definition) is 1. The molecule has 0 bridgehead atoms. The molecule has 94 valence electrons. The molecule has 0 aliphatic carbocycles. The molecule has 1 aromatic rings. The molecule has 1 aliphatic heterocycles. The smallest absolute Gasteiger partial charge is 0.322 e. The lowest BCUT2D eigenvalue weighted by Gasteiger charge is -2.17. The zero-order valence-electron chi connectivity index (χ0n) is 10.3. The van der Waals surface area contributed by atoms with Gasteiger partial charge in [-0.2, -0.15) is 5.10 Å². The topological polar surface area (TPSA) is 74.7 Å². The molecule has 0 radical (unpaired) electrons. The van der Waals surface area contributed by atoms with Crippen molar-refractivity contribution in [1.82, 2.24) is 15.3 Å². The van der Waals surface area contributed by atoms with Crippen molar-refractivity contribution in [2.45, 2.75) is 25.8 Å². The average Bonchev–Trinajstić information content (AvgIpc) is 2.60. The standard InChI is InChI=1S/C12H14N4O2/c1-3-12(2)10(17)16(11(18)15-12)14-8-9-5-4-6-13-7-9/h4-8H,3H2,1-2H3,(H,15,18)/b14-8-/t12-/m0/s1. The number of carbonyl (C=O) groups is 2. The van der Waals surface area contributed by atoms with Crippen LogP contribution in [0.2, 0.25) is 0 Å². The van der Waals surface area contributed by atoms with E-state index in [2.05, 4.69) is 15.4 Å². The molecule has 1 N–H and O–H groups in total. The Morgan fingerprint density at radius 2 is 2.33 bits per heavy atom. The summed E-state index contributed by atoms with van der Waals surface area (Å²) in [5.74, 6) is -0.338. The van der Waals surface area contributed by atoms with Crippen LogP contribution in [-0.4, -0.2) is 33.7 Å². The molecule has 2 heterocycles. The van der Waals surface area contributed by atoms with E-state index < -0.39 is 11.6 Å². The summed E-state index contributed by atoms with van der Waals surface area (Å²) in [5.41, 5.74) is -0.133. The second kappa shape index (κ2) is 4.56. The zero-order valence-corrected chi connectivity index (χ0v) is 10.3. The van der Waals surface area contributed by atoms with E-state index in [0.717, 1.165) is 10.6 Å². The molecule has 6 nitrogen and oxygen atoms in total. The first-order chi connectivity index (χ1) is 8.57. The third-order valence-electron chi connectivity index (χ3n) is 2.95. The number of nitrogens with one attached hydrogen (secondary N) is 1. The predicted molar refractivity (Wildman–Crippen MR) is 65.9 cm³/mol. The van der Waals surface area contributed by atoms with Gasteiger partial charge in [-0.1, -0.05) is 13.0 Å². The Kier molecular flexibility index (Phi) is 3.10. The number of rotatable bonds is 3. The Balaban J connectivity index is 2.18. The van der Waals surface area contributed by atoms with E-state index in [9.17, 15) is 9.59 Å². The maximum absolute atomic E-state index is 12.0. The molecule has 0 saturated carbocycles. The predicted octanol–water partition coefficient (Wildman–Crippen LogP) is 1.14. The quantitative estimate of drug-likeness (QED) is 0.641. The first-order valence-corrected chi connectivity index (χ1v) is 5.67. The highest BCUT2D eigenvalue weighted by atomic mass is 16.2. The number of urea groups is 1. The van der Waals surface area contributed by atoms with Gasteiger partial charge in [0.05, 0.1) is 6.21 Å². The third kappa shape index (κ3) is 2.09. The Morgan fingerprint density at radius 1 is 1.56 bits per heavy atom. The van der Waals surface area contributed by atoms with E-state index in [1.165, 1.54) is 6.21 Å². The molecule has 0 spiro atoms. The van der Waals surface area contributed by atoms with E-state index in [0.29, 0.717) is 6.42 Å². The Hall–Kier alpha value is -2.24. The van der Waals surface area contributed by atoms with Crippen molar-refractivity contribution < 1.29 is 9.59 Å². The molecule has 2 rings (SSSR count). The number of nitrogens with zero attached hydrogens (tertiary/aromatic N) is 3. The lowest BCUT2D eigenvalue weighted by atomic mass is 10.00. The minimum absolute atomic E-state index is 0.338. The van der Waals surface area contributed by atoms with Crippen molar-refractivity contribution in [1.29, 1.82) is 0 Å². The van der Waals surface area contributed by atoms with Crippen LogP contribution in [0.5, 0.6) is 0 Å². The maximum atomic E-state index is 12.0. The largest absolute Gasteiger partial charge is 0.346 e. The summed E-state index contributed by atoms with van der Waals surface area (Å²) in [7, 11) is 0. The highest BCUT2D eigenvalue weighted by molar-refractivity contribution is 6.07. The van der Waals surface area contributed by atoms with Gasteiger partial charge >= 0.3 is 6.03 Å². The summed E-state index contributed by atoms with van der Waals surface area (Å²) in [6.07, 6.45) is 5.20. The van der Waals surface area contributed by atoms with E-state index in [-0.39, 0.29) is 5.91 Å². The number of hydrazone groups is 1. The van der Waals surface area contributed by atoms with Crippen LogP contribution < -0.4 is 5.32 Å². The molecule has 0 aromatic carbocycles. The average molecular weight is 246 g/mol. The van der Waals surface area contributed by atoms with Crippen molar-refractivity contribution >= 4 is 18.2 Å². The second-order valence-electron chi connectivity index (χ2n) is 4.26. The second-order valence-corrected chi connectivity index (χ2v) is 4.26. The van der Waals surface area contributed by atoms with E-state index in [1.54, 1.807) is 31.5 Å². The molecular weight excluding hydrogens is 232 g/mol. The van der Waals surface area contributed by atoms with E-state index in [1.807, 2.05) is 6.92 Å². The molecular formula is C12H14N4O2. The van der Waals surface area contributed by atoms with Crippen LogP contribution in [0.25, 0.3) is 0 Å². The van der Waals surface area contributed by atoms with Crippen molar-refractivity contribution in [2.75, 3.05) is 0 Å². The van der Waals surface area contributed by atoms with Crippen LogP contribution >= 0.6 is 0 Å². The third-order valence-corrected chi connectivity index (χ3v) is 2.95. The van der Waals surface area contributed by atoms with Crippen LogP contribution in [0.4, 0.5) is 4.79 Å². The van der Waals surface area contributed by atoms with Gasteiger partial charge in [-0.25, -0.2) is 4.79 Å². The summed E-state index contributed by atoms with van der Waals surface area (Å²) < 4.78 is 0. The number of hydrogen-bond acceptors (Lipinski definition) is 4. The van der Waals surface area contributed by atoms with Crippen LogP contribution in [0.15, 0.2) is 29.6 Å². The maximum Gasteiger partial charge on any atom is 0.346 e. The van der Waals surface area contributed by atoms with Gasteiger partial charge in [0.2, 0.25) is 0 Å². The number of aromatic nitrogens is 1. The number of pyridine rings is 1. The lowest BCUT2D eigenvalue weighted by molar-refractivity contribution is -0.130. The van der Waals surface area contributed by atoms with Crippen molar-refractivity contribution in [3.05, 3.63) is 30.1 Å². The van der Waals surface area contributed by atoms with E-state index in [4.69, 9.17) is 0 Å². The fourth-order valence-electron chi connectivity index (χ4n) is 1.59. The van der Waals surface area contributed by atoms with Gasteiger partial charge in [0, 0.05) is 18.0 Å². The molecule has 0 unspecified atom stereocenters. The van der Waals surface area contributed by atoms with Gasteiger partial charge in [0.25, 0.3) is 5.91 Å². The normalized spacial score (nSPS) is 23.8. The van der Waals surface area contributed by atoms with Crippen molar-refractivity contribution in [3.8, 4) is 0 Å². The van der Waals surface area contributed by atoms with Gasteiger partial charge in [-0.15, -0.1) is 5.01 Å². The van der Waals surface area contributed by atoms with Crippen LogP contribution in [0.1, 0.15) is 25.8 Å². The first-order valence-electron chi connectivity index (χ1n) is 5.67. The van der Waals surface area contributed by atoms with Crippen LogP contribution in [0, 0.1) is 0 Å². The summed E-state index contributed by atoms with van der Waals surface area (Å²) in [4.78, 5) is 27.6. The van der Waals surface area contributed by atoms with Gasteiger partial charge in [-0.3, -0.25) is 9.78 Å². The highest BCUT2D eigenvalue weighted by Gasteiger charge is 2.46. The summed E-state index contributed by atoms with van der Waals surface area (Å²) in [6.45, 7) is 3.53. The van der Waals surface area contributed by atoms with Gasteiger partial charge in [0.1, 0.15) is 5.54 Å². The molecule has 1 fully saturated rings. The minimum Gasteiger partial charge on any atom is -0.322 e. The minimum atomic E-state index is -0.858. The highest BCUT2D eigenvalue weighted by Crippen LogP contribution is 2.20. The molecule has 3 amide bonds. The number of amides is 3. The Morgan fingerprint density at radius 3 is 2.89 bits per heavy atom. The van der Waals surface area contributed by atoms with Gasteiger partial charge < -0.3 is 5.32 Å². The number of carbonyl (C=O) groups excluding carboxylic acids is 2. The van der Waals surface area contributed by atoms with Crippen LogP contribution in [-0.2, 0) is 4.79 Å². The molecule has 1 saturated heterocycles. The summed E-state index contributed by atoms with van der Waals surface area (Å²) >= 11 is 0. The Bertz CT molecular complexity index is 500. The SMILES string of the molecule is CC[C@]1(C)NC(=O)N(/N=C\c2cccnc2)C1=O. The molecule has 1 atom stereocenters. The summed E-state index contributed by atoms with van der Waals surface area (Å²) in [5, 5.41) is 7.39.